The molecule has 0 bridgehead atoms. The van der Waals surface area contributed by atoms with Gasteiger partial charge in [-0.2, -0.15) is 0 Å². The van der Waals surface area contributed by atoms with Crippen molar-refractivity contribution < 1.29 is 0 Å². The minimum Gasteiger partial charge on any atom is -0.313 e. The molecule has 98 valence electrons. The van der Waals surface area contributed by atoms with Crippen molar-refractivity contribution in [3.8, 4) is 0 Å². The van der Waals surface area contributed by atoms with Gasteiger partial charge in [-0.3, -0.25) is 9.88 Å². The fourth-order valence-electron chi connectivity index (χ4n) is 2.81. The fraction of sp³-hybridized carbons (Fsp3) is 0.667. The zero-order chi connectivity index (χ0) is 12.2. The van der Waals surface area contributed by atoms with E-state index in [9.17, 15) is 0 Å². The second kappa shape index (κ2) is 5.81. The molecule has 1 saturated carbocycles. The van der Waals surface area contributed by atoms with E-state index in [2.05, 4.69) is 27.3 Å². The maximum atomic E-state index is 4.46. The third-order valence-electron chi connectivity index (χ3n) is 3.97. The van der Waals surface area contributed by atoms with Crippen LogP contribution in [0.5, 0.6) is 0 Å². The molecule has 1 unspecified atom stereocenters. The molecule has 1 N–H and O–H groups in total. The van der Waals surface area contributed by atoms with Crippen molar-refractivity contribution in [1.29, 1.82) is 0 Å². The van der Waals surface area contributed by atoms with Crippen LogP contribution in [0.2, 0.25) is 0 Å². The molecule has 1 aromatic heterocycles. The van der Waals surface area contributed by atoms with Crippen LogP contribution in [0.3, 0.4) is 0 Å². The summed E-state index contributed by atoms with van der Waals surface area (Å²) in [4.78, 5) is 7.06. The van der Waals surface area contributed by atoms with Gasteiger partial charge in [0.2, 0.25) is 0 Å². The van der Waals surface area contributed by atoms with E-state index in [1.54, 1.807) is 0 Å². The van der Waals surface area contributed by atoms with Crippen molar-refractivity contribution in [3.05, 3.63) is 30.1 Å². The summed E-state index contributed by atoms with van der Waals surface area (Å²) in [5.74, 6) is 0.954. The summed E-state index contributed by atoms with van der Waals surface area (Å²) in [7, 11) is 0. The van der Waals surface area contributed by atoms with Crippen molar-refractivity contribution in [3.63, 3.8) is 0 Å². The minimum atomic E-state index is 0.701. The molecule has 3 heteroatoms. The topological polar surface area (TPSA) is 28.2 Å². The van der Waals surface area contributed by atoms with Gasteiger partial charge in [0.25, 0.3) is 0 Å². The summed E-state index contributed by atoms with van der Waals surface area (Å²) < 4.78 is 0. The molecule has 0 aromatic carbocycles. The molecule has 2 fully saturated rings. The van der Waals surface area contributed by atoms with E-state index < -0.39 is 0 Å². The van der Waals surface area contributed by atoms with Gasteiger partial charge in [0, 0.05) is 31.9 Å². The highest BCUT2D eigenvalue weighted by Crippen LogP contribution is 2.30. The van der Waals surface area contributed by atoms with Gasteiger partial charge >= 0.3 is 0 Å². The quantitative estimate of drug-likeness (QED) is 0.831. The lowest BCUT2D eigenvalue weighted by Gasteiger charge is -2.25. The lowest BCUT2D eigenvalue weighted by atomic mass is 10.2. The molecule has 2 aliphatic rings. The van der Waals surface area contributed by atoms with Crippen LogP contribution in [0.4, 0.5) is 0 Å². The lowest BCUT2D eigenvalue weighted by Crippen LogP contribution is -2.38. The summed E-state index contributed by atoms with van der Waals surface area (Å²) in [5, 5.41) is 3.60. The Bertz CT molecular complexity index is 355. The smallest absolute Gasteiger partial charge is 0.0543 e. The van der Waals surface area contributed by atoms with Crippen LogP contribution >= 0.6 is 0 Å². The molecule has 0 spiro atoms. The second-order valence-electron chi connectivity index (χ2n) is 5.75. The van der Waals surface area contributed by atoms with Crippen molar-refractivity contribution in [2.75, 3.05) is 19.6 Å². The monoisotopic (exact) mass is 245 g/mol. The first-order valence-corrected chi connectivity index (χ1v) is 7.26. The van der Waals surface area contributed by atoms with Crippen LogP contribution in [0, 0.1) is 5.92 Å². The van der Waals surface area contributed by atoms with Gasteiger partial charge in [-0.25, -0.2) is 0 Å². The molecule has 1 aliphatic carbocycles. The molecule has 3 rings (SSSR count). The molecule has 18 heavy (non-hydrogen) atoms. The highest BCUT2D eigenvalue weighted by atomic mass is 15.2. The molecule has 0 radical (unpaired) electrons. The summed E-state index contributed by atoms with van der Waals surface area (Å²) in [6, 6.07) is 6.92. The normalized spacial score (nSPS) is 23.7. The first-order valence-electron chi connectivity index (χ1n) is 7.26. The van der Waals surface area contributed by atoms with E-state index in [1.807, 2.05) is 12.3 Å². The molecule has 1 saturated heterocycles. The first kappa shape index (κ1) is 12.1. The number of rotatable bonds is 6. The Morgan fingerprint density at radius 3 is 2.83 bits per heavy atom. The Hall–Kier alpha value is -0.930. The van der Waals surface area contributed by atoms with E-state index in [-0.39, 0.29) is 0 Å². The van der Waals surface area contributed by atoms with Crippen LogP contribution in [0.1, 0.15) is 31.4 Å². The van der Waals surface area contributed by atoms with Crippen LogP contribution in [-0.4, -0.2) is 35.6 Å². The molecule has 1 atom stereocenters. The van der Waals surface area contributed by atoms with Gasteiger partial charge in [0.15, 0.2) is 0 Å². The molecule has 0 amide bonds. The Morgan fingerprint density at radius 2 is 2.17 bits per heavy atom. The number of hydrogen-bond acceptors (Lipinski definition) is 3. The lowest BCUT2D eigenvalue weighted by molar-refractivity contribution is 0.229. The predicted octanol–water partition coefficient (Wildman–Crippen LogP) is 2.05. The van der Waals surface area contributed by atoms with E-state index in [0.717, 1.165) is 12.5 Å². The standard InChI is InChI=1S/C15H23N3/c1-2-8-16-14(4-1)11-18(10-13-6-7-13)12-15-5-3-9-17-15/h1-2,4,8,13,15,17H,3,5-7,9-12H2. The average Bonchev–Trinajstić information content (AvgIpc) is 3.05. The molecular formula is C15H23N3. The highest BCUT2D eigenvalue weighted by molar-refractivity contribution is 5.03. The average molecular weight is 245 g/mol. The van der Waals surface area contributed by atoms with Crippen molar-refractivity contribution >= 4 is 0 Å². The van der Waals surface area contributed by atoms with Crippen LogP contribution in [0.25, 0.3) is 0 Å². The Balaban J connectivity index is 1.57. The number of hydrogen-bond donors (Lipinski definition) is 1. The summed E-state index contributed by atoms with van der Waals surface area (Å²) in [6.07, 6.45) is 7.43. The zero-order valence-electron chi connectivity index (χ0n) is 11.0. The Morgan fingerprint density at radius 1 is 1.22 bits per heavy atom. The molecule has 1 aromatic rings. The van der Waals surface area contributed by atoms with Gasteiger partial charge in [-0.15, -0.1) is 0 Å². The molecule has 1 aliphatic heterocycles. The number of nitrogens with one attached hydrogen (secondary N) is 1. The molecular weight excluding hydrogens is 222 g/mol. The third kappa shape index (κ3) is 3.53. The van der Waals surface area contributed by atoms with Gasteiger partial charge < -0.3 is 5.32 Å². The molecule has 2 heterocycles. The third-order valence-corrected chi connectivity index (χ3v) is 3.97. The predicted molar refractivity (Wildman–Crippen MR) is 73.3 cm³/mol. The largest absolute Gasteiger partial charge is 0.313 e. The van der Waals surface area contributed by atoms with Gasteiger partial charge in [-0.1, -0.05) is 6.07 Å². The maximum Gasteiger partial charge on any atom is 0.0543 e. The van der Waals surface area contributed by atoms with Gasteiger partial charge in [0.05, 0.1) is 5.69 Å². The fourth-order valence-corrected chi connectivity index (χ4v) is 2.81. The minimum absolute atomic E-state index is 0.701. The number of aromatic nitrogens is 1. The van der Waals surface area contributed by atoms with Crippen molar-refractivity contribution in [2.45, 2.75) is 38.3 Å². The summed E-state index contributed by atoms with van der Waals surface area (Å²) >= 11 is 0. The molecule has 3 nitrogen and oxygen atoms in total. The van der Waals surface area contributed by atoms with Gasteiger partial charge in [0.1, 0.15) is 0 Å². The number of pyridine rings is 1. The number of nitrogens with zero attached hydrogens (tertiary/aromatic N) is 2. The van der Waals surface area contributed by atoms with E-state index in [1.165, 1.54) is 51.0 Å². The van der Waals surface area contributed by atoms with Crippen LogP contribution < -0.4 is 5.32 Å². The summed E-state index contributed by atoms with van der Waals surface area (Å²) in [6.45, 7) is 4.66. The van der Waals surface area contributed by atoms with E-state index in [0.29, 0.717) is 6.04 Å². The van der Waals surface area contributed by atoms with Crippen molar-refractivity contribution in [1.82, 2.24) is 15.2 Å². The van der Waals surface area contributed by atoms with Crippen LogP contribution in [-0.2, 0) is 6.54 Å². The maximum absolute atomic E-state index is 4.46. The SMILES string of the molecule is c1ccc(CN(CC2CC2)CC2CCCN2)nc1. The van der Waals surface area contributed by atoms with Crippen LogP contribution in [0.15, 0.2) is 24.4 Å². The first-order chi connectivity index (χ1) is 8.90. The highest BCUT2D eigenvalue weighted by Gasteiger charge is 2.26. The zero-order valence-corrected chi connectivity index (χ0v) is 11.0. The van der Waals surface area contributed by atoms with Crippen molar-refractivity contribution in [2.24, 2.45) is 5.92 Å². The second-order valence-corrected chi connectivity index (χ2v) is 5.75. The van der Waals surface area contributed by atoms with Gasteiger partial charge in [-0.05, 0) is 50.3 Å². The Kier molecular flexibility index (Phi) is 3.91. The van der Waals surface area contributed by atoms with E-state index in [4.69, 9.17) is 0 Å². The Labute approximate surface area is 110 Å². The van der Waals surface area contributed by atoms with E-state index >= 15 is 0 Å². The summed E-state index contributed by atoms with van der Waals surface area (Å²) in [5.41, 5.74) is 1.20.